The molecule has 1 aliphatic heterocycles. The van der Waals surface area contributed by atoms with E-state index in [1.165, 1.54) is 4.90 Å². The summed E-state index contributed by atoms with van der Waals surface area (Å²) in [6, 6.07) is -0.162. The molecule has 0 aromatic carbocycles. The second-order valence-corrected chi connectivity index (χ2v) is 5.01. The van der Waals surface area contributed by atoms with Gasteiger partial charge in [-0.25, -0.2) is 4.79 Å². The number of carbonyl (C=O) groups excluding carboxylic acids is 1. The molecule has 0 saturated carbocycles. The van der Waals surface area contributed by atoms with E-state index in [1.807, 2.05) is 6.92 Å². The Morgan fingerprint density at radius 1 is 1.47 bits per heavy atom. The normalized spacial score (nSPS) is 19.3. The van der Waals surface area contributed by atoms with Crippen molar-refractivity contribution in [2.24, 2.45) is 5.92 Å². The largest absolute Gasteiger partial charge is 0.480 e. The SMILES string of the molecule is CCCN(CC(=O)O)C(=O)N1CCCC(COC)C1. The van der Waals surface area contributed by atoms with Crippen LogP contribution in [0.5, 0.6) is 0 Å². The average molecular weight is 272 g/mol. The number of ether oxygens (including phenoxy) is 1. The number of aliphatic carboxylic acids is 1. The molecule has 1 atom stereocenters. The van der Waals surface area contributed by atoms with Crippen LogP contribution in [0.4, 0.5) is 4.79 Å². The summed E-state index contributed by atoms with van der Waals surface area (Å²) in [5.74, 6) is -0.608. The van der Waals surface area contributed by atoms with Gasteiger partial charge in [-0.2, -0.15) is 0 Å². The number of methoxy groups -OCH3 is 1. The Bertz CT molecular complexity index is 307. The van der Waals surface area contributed by atoms with Gasteiger partial charge in [-0.15, -0.1) is 0 Å². The molecule has 1 rings (SSSR count). The molecule has 0 spiro atoms. The van der Waals surface area contributed by atoms with E-state index >= 15 is 0 Å². The molecule has 0 radical (unpaired) electrons. The lowest BCUT2D eigenvalue weighted by molar-refractivity contribution is -0.137. The maximum Gasteiger partial charge on any atom is 0.323 e. The van der Waals surface area contributed by atoms with E-state index in [4.69, 9.17) is 9.84 Å². The van der Waals surface area contributed by atoms with Gasteiger partial charge < -0.3 is 19.6 Å². The molecule has 19 heavy (non-hydrogen) atoms. The summed E-state index contributed by atoms with van der Waals surface area (Å²) in [5, 5.41) is 8.86. The number of nitrogens with zero attached hydrogens (tertiary/aromatic N) is 2. The Hall–Kier alpha value is -1.30. The minimum Gasteiger partial charge on any atom is -0.480 e. The molecule has 1 heterocycles. The van der Waals surface area contributed by atoms with Gasteiger partial charge in [-0.05, 0) is 19.3 Å². The molecule has 0 aromatic heterocycles. The van der Waals surface area contributed by atoms with E-state index in [9.17, 15) is 9.59 Å². The quantitative estimate of drug-likeness (QED) is 0.790. The summed E-state index contributed by atoms with van der Waals surface area (Å²) in [6.07, 6.45) is 2.77. The Balaban J connectivity index is 2.59. The Morgan fingerprint density at radius 2 is 2.21 bits per heavy atom. The summed E-state index contributed by atoms with van der Waals surface area (Å²) >= 11 is 0. The topological polar surface area (TPSA) is 70.1 Å². The highest BCUT2D eigenvalue weighted by molar-refractivity contribution is 5.80. The predicted octanol–water partition coefficient (Wildman–Crippen LogP) is 1.26. The monoisotopic (exact) mass is 272 g/mol. The first-order valence-corrected chi connectivity index (χ1v) is 6.83. The van der Waals surface area contributed by atoms with Crippen molar-refractivity contribution >= 4 is 12.0 Å². The summed E-state index contributed by atoms with van der Waals surface area (Å²) in [5.41, 5.74) is 0. The highest BCUT2D eigenvalue weighted by atomic mass is 16.5. The van der Waals surface area contributed by atoms with Crippen molar-refractivity contribution in [2.75, 3.05) is 39.9 Å². The molecule has 1 N–H and O–H groups in total. The van der Waals surface area contributed by atoms with Gasteiger partial charge in [0.05, 0.1) is 6.61 Å². The van der Waals surface area contributed by atoms with Gasteiger partial charge in [-0.3, -0.25) is 4.79 Å². The number of urea groups is 1. The fraction of sp³-hybridized carbons (Fsp3) is 0.846. The van der Waals surface area contributed by atoms with E-state index in [0.29, 0.717) is 32.2 Å². The van der Waals surface area contributed by atoms with E-state index in [0.717, 1.165) is 19.3 Å². The predicted molar refractivity (Wildman–Crippen MR) is 71.1 cm³/mol. The lowest BCUT2D eigenvalue weighted by atomic mass is 9.99. The van der Waals surface area contributed by atoms with E-state index in [2.05, 4.69) is 0 Å². The van der Waals surface area contributed by atoms with Crippen LogP contribution in [0, 0.1) is 5.92 Å². The van der Waals surface area contributed by atoms with E-state index in [1.54, 1.807) is 12.0 Å². The molecule has 0 bridgehead atoms. The van der Waals surface area contributed by atoms with Crippen LogP contribution in [0.25, 0.3) is 0 Å². The van der Waals surface area contributed by atoms with Gasteiger partial charge in [-0.1, -0.05) is 6.92 Å². The zero-order valence-corrected chi connectivity index (χ0v) is 11.8. The standard InChI is InChI=1S/C13H24N2O4/c1-3-6-14(9-12(16)17)13(18)15-7-4-5-11(8-15)10-19-2/h11H,3-10H2,1-2H3,(H,16,17). The van der Waals surface area contributed by atoms with Crippen LogP contribution in [-0.4, -0.2) is 66.8 Å². The molecule has 110 valence electrons. The number of amides is 2. The van der Waals surface area contributed by atoms with E-state index < -0.39 is 5.97 Å². The van der Waals surface area contributed by atoms with Gasteiger partial charge in [0.15, 0.2) is 0 Å². The van der Waals surface area contributed by atoms with Crippen LogP contribution in [0.2, 0.25) is 0 Å². The lowest BCUT2D eigenvalue weighted by Gasteiger charge is -2.35. The molecule has 6 nitrogen and oxygen atoms in total. The number of hydrogen-bond donors (Lipinski definition) is 1. The average Bonchev–Trinajstić information content (AvgIpc) is 2.37. The molecule has 6 heteroatoms. The second kappa shape index (κ2) is 7.99. The van der Waals surface area contributed by atoms with Crippen LogP contribution in [0.3, 0.4) is 0 Å². The molecule has 1 aliphatic rings. The smallest absolute Gasteiger partial charge is 0.323 e. The fourth-order valence-corrected chi connectivity index (χ4v) is 2.49. The first-order chi connectivity index (χ1) is 9.08. The Morgan fingerprint density at radius 3 is 2.79 bits per heavy atom. The van der Waals surface area contributed by atoms with Gasteiger partial charge >= 0.3 is 12.0 Å². The van der Waals surface area contributed by atoms with Crippen LogP contribution in [-0.2, 0) is 9.53 Å². The van der Waals surface area contributed by atoms with Crippen molar-refractivity contribution in [1.82, 2.24) is 9.80 Å². The van der Waals surface area contributed by atoms with Crippen LogP contribution >= 0.6 is 0 Å². The van der Waals surface area contributed by atoms with Crippen molar-refractivity contribution in [2.45, 2.75) is 26.2 Å². The number of piperidine rings is 1. The molecule has 2 amide bonds. The number of likely N-dealkylation sites (tertiary alicyclic amines) is 1. The molecule has 1 saturated heterocycles. The molecular formula is C13H24N2O4. The maximum atomic E-state index is 12.3. The van der Waals surface area contributed by atoms with Crippen molar-refractivity contribution in [3.8, 4) is 0 Å². The third-order valence-corrected chi connectivity index (χ3v) is 3.28. The Labute approximate surface area is 114 Å². The van der Waals surface area contributed by atoms with E-state index in [-0.39, 0.29) is 12.6 Å². The molecule has 0 aliphatic carbocycles. The number of hydrogen-bond acceptors (Lipinski definition) is 3. The number of rotatable bonds is 6. The minimum atomic E-state index is -0.966. The summed E-state index contributed by atoms with van der Waals surface area (Å²) in [6.45, 7) is 4.21. The molecular weight excluding hydrogens is 248 g/mol. The lowest BCUT2D eigenvalue weighted by Crippen LogP contribution is -2.49. The van der Waals surface area contributed by atoms with Gasteiger partial charge in [0, 0.05) is 32.7 Å². The minimum absolute atomic E-state index is 0.162. The highest BCUT2D eigenvalue weighted by Gasteiger charge is 2.27. The van der Waals surface area contributed by atoms with Crippen LogP contribution < -0.4 is 0 Å². The summed E-state index contributed by atoms with van der Waals surface area (Å²) < 4.78 is 5.14. The summed E-state index contributed by atoms with van der Waals surface area (Å²) in [4.78, 5) is 26.3. The number of carboxylic acid groups (broad SMARTS) is 1. The number of carboxylic acids is 1. The highest BCUT2D eigenvalue weighted by Crippen LogP contribution is 2.18. The van der Waals surface area contributed by atoms with Crippen LogP contribution in [0.1, 0.15) is 26.2 Å². The van der Waals surface area contributed by atoms with Crippen molar-refractivity contribution in [3.05, 3.63) is 0 Å². The van der Waals surface area contributed by atoms with Crippen molar-refractivity contribution < 1.29 is 19.4 Å². The third-order valence-electron chi connectivity index (χ3n) is 3.28. The van der Waals surface area contributed by atoms with Crippen molar-refractivity contribution in [1.29, 1.82) is 0 Å². The Kier molecular flexibility index (Phi) is 6.62. The molecule has 1 fully saturated rings. The van der Waals surface area contributed by atoms with Crippen LogP contribution in [0.15, 0.2) is 0 Å². The second-order valence-electron chi connectivity index (χ2n) is 5.01. The first kappa shape index (κ1) is 15.8. The molecule has 0 aromatic rings. The maximum absolute atomic E-state index is 12.3. The van der Waals surface area contributed by atoms with Gasteiger partial charge in [0.25, 0.3) is 0 Å². The molecule has 1 unspecified atom stereocenters. The fourth-order valence-electron chi connectivity index (χ4n) is 2.49. The zero-order chi connectivity index (χ0) is 14.3. The van der Waals surface area contributed by atoms with Gasteiger partial charge in [0.1, 0.15) is 6.54 Å². The van der Waals surface area contributed by atoms with Crippen molar-refractivity contribution in [3.63, 3.8) is 0 Å². The third kappa shape index (κ3) is 5.06. The summed E-state index contributed by atoms with van der Waals surface area (Å²) in [7, 11) is 1.66. The first-order valence-electron chi connectivity index (χ1n) is 6.83. The zero-order valence-electron chi connectivity index (χ0n) is 11.8. The van der Waals surface area contributed by atoms with Gasteiger partial charge in [0.2, 0.25) is 0 Å². The number of carbonyl (C=O) groups is 2.